The van der Waals surface area contributed by atoms with Crippen LogP contribution in [0.25, 0.3) is 11.3 Å². The zero-order valence-corrected chi connectivity index (χ0v) is 15.3. The van der Waals surface area contributed by atoms with E-state index in [0.29, 0.717) is 30.2 Å². The molecule has 3 rings (SSSR count). The molecule has 0 aliphatic rings. The first-order valence-electron chi connectivity index (χ1n) is 8.82. The molecule has 7 heteroatoms. The van der Waals surface area contributed by atoms with Gasteiger partial charge in [-0.2, -0.15) is 0 Å². The molecule has 0 saturated carbocycles. The van der Waals surface area contributed by atoms with Gasteiger partial charge in [-0.1, -0.05) is 19.1 Å². The summed E-state index contributed by atoms with van der Waals surface area (Å²) in [5.74, 6) is 1.17. The van der Waals surface area contributed by atoms with Crippen LogP contribution in [0.15, 0.2) is 53.2 Å². The molecule has 0 radical (unpaired) electrons. The fourth-order valence-corrected chi connectivity index (χ4v) is 2.50. The van der Waals surface area contributed by atoms with Crippen LogP contribution >= 0.6 is 0 Å². The standard InChI is InChI=1S/C20H21N3O4/c1-3-13-26-15-11-9-14(10-12-15)18-19(23-27-22-18)21-20(24)16-7-5-6-8-17(16)25-4-2/h5-12H,3-4,13H2,1-2H3,(H,21,23,24). The fraction of sp³-hybridized carbons (Fsp3) is 0.250. The van der Waals surface area contributed by atoms with Crippen molar-refractivity contribution in [1.82, 2.24) is 10.3 Å². The molecule has 1 amide bonds. The van der Waals surface area contributed by atoms with E-state index >= 15 is 0 Å². The highest BCUT2D eigenvalue weighted by Gasteiger charge is 2.18. The Morgan fingerprint density at radius 3 is 2.56 bits per heavy atom. The molecule has 0 unspecified atom stereocenters. The minimum absolute atomic E-state index is 0.244. The highest BCUT2D eigenvalue weighted by Crippen LogP contribution is 2.27. The Morgan fingerprint density at radius 1 is 1.04 bits per heavy atom. The molecule has 0 atom stereocenters. The van der Waals surface area contributed by atoms with Gasteiger partial charge in [-0.3, -0.25) is 4.79 Å². The topological polar surface area (TPSA) is 86.5 Å². The van der Waals surface area contributed by atoms with Crippen LogP contribution in [0.2, 0.25) is 0 Å². The van der Waals surface area contributed by atoms with Crippen molar-refractivity contribution >= 4 is 11.7 Å². The van der Waals surface area contributed by atoms with E-state index in [4.69, 9.17) is 14.1 Å². The normalized spacial score (nSPS) is 10.4. The van der Waals surface area contributed by atoms with Crippen LogP contribution in [0.5, 0.6) is 11.5 Å². The summed E-state index contributed by atoms with van der Waals surface area (Å²) in [5.41, 5.74) is 1.62. The lowest BCUT2D eigenvalue weighted by Gasteiger charge is -2.09. The summed E-state index contributed by atoms with van der Waals surface area (Å²) in [7, 11) is 0. The number of nitrogens with one attached hydrogen (secondary N) is 1. The molecule has 1 aromatic heterocycles. The lowest BCUT2D eigenvalue weighted by Crippen LogP contribution is -2.14. The highest BCUT2D eigenvalue weighted by molar-refractivity contribution is 6.07. The van der Waals surface area contributed by atoms with Gasteiger partial charge in [0.2, 0.25) is 5.82 Å². The first-order chi connectivity index (χ1) is 13.2. The SMILES string of the molecule is CCCOc1ccc(-c2nonc2NC(=O)c2ccccc2OCC)cc1. The number of benzene rings is 2. The van der Waals surface area contributed by atoms with E-state index in [9.17, 15) is 4.79 Å². The number of para-hydroxylation sites is 1. The zero-order chi connectivity index (χ0) is 19.1. The van der Waals surface area contributed by atoms with Gasteiger partial charge >= 0.3 is 0 Å². The Kier molecular flexibility index (Phi) is 6.04. The van der Waals surface area contributed by atoms with Crippen molar-refractivity contribution in [1.29, 1.82) is 0 Å². The lowest BCUT2D eigenvalue weighted by atomic mass is 10.1. The number of amides is 1. The van der Waals surface area contributed by atoms with E-state index in [1.165, 1.54) is 0 Å². The first-order valence-corrected chi connectivity index (χ1v) is 8.82. The Balaban J connectivity index is 1.78. The Labute approximate surface area is 157 Å². The zero-order valence-electron chi connectivity index (χ0n) is 15.3. The van der Waals surface area contributed by atoms with Crippen LogP contribution in [-0.4, -0.2) is 29.4 Å². The van der Waals surface area contributed by atoms with Gasteiger partial charge in [0.1, 0.15) is 11.5 Å². The lowest BCUT2D eigenvalue weighted by molar-refractivity contribution is 0.102. The monoisotopic (exact) mass is 367 g/mol. The van der Waals surface area contributed by atoms with Crippen LogP contribution in [0.1, 0.15) is 30.6 Å². The molecule has 0 aliphatic heterocycles. The predicted octanol–water partition coefficient (Wildman–Crippen LogP) is 4.18. The number of rotatable bonds is 8. The number of aromatic nitrogens is 2. The fourth-order valence-electron chi connectivity index (χ4n) is 2.50. The van der Waals surface area contributed by atoms with E-state index in [-0.39, 0.29) is 11.7 Å². The van der Waals surface area contributed by atoms with Gasteiger partial charge in [-0.25, -0.2) is 4.63 Å². The highest BCUT2D eigenvalue weighted by atomic mass is 16.6. The molecule has 7 nitrogen and oxygen atoms in total. The quantitative estimate of drug-likeness (QED) is 0.643. The van der Waals surface area contributed by atoms with Crippen molar-refractivity contribution in [2.45, 2.75) is 20.3 Å². The summed E-state index contributed by atoms with van der Waals surface area (Å²) in [6.45, 7) is 5.04. The molecule has 1 heterocycles. The summed E-state index contributed by atoms with van der Waals surface area (Å²) in [4.78, 5) is 12.6. The molecule has 0 bridgehead atoms. The number of hydrogen-bond donors (Lipinski definition) is 1. The summed E-state index contributed by atoms with van der Waals surface area (Å²) >= 11 is 0. The number of ether oxygens (including phenoxy) is 2. The van der Waals surface area contributed by atoms with Gasteiger partial charge in [0, 0.05) is 5.56 Å². The summed E-state index contributed by atoms with van der Waals surface area (Å²) in [6, 6.07) is 14.4. The first kappa shape index (κ1) is 18.4. The summed E-state index contributed by atoms with van der Waals surface area (Å²) in [6.07, 6.45) is 0.939. The van der Waals surface area contributed by atoms with Gasteiger partial charge in [0.15, 0.2) is 5.69 Å². The van der Waals surface area contributed by atoms with Crippen molar-refractivity contribution < 1.29 is 18.9 Å². The van der Waals surface area contributed by atoms with Crippen molar-refractivity contribution in [2.75, 3.05) is 18.5 Å². The molecule has 0 saturated heterocycles. The smallest absolute Gasteiger partial charge is 0.260 e. The number of carbonyl (C=O) groups excluding carboxylic acids is 1. The van der Waals surface area contributed by atoms with E-state index in [1.807, 2.05) is 44.2 Å². The number of hydrogen-bond acceptors (Lipinski definition) is 6. The molecule has 27 heavy (non-hydrogen) atoms. The second kappa shape index (κ2) is 8.84. The van der Waals surface area contributed by atoms with Crippen LogP contribution in [-0.2, 0) is 0 Å². The van der Waals surface area contributed by atoms with Gasteiger partial charge in [0.25, 0.3) is 5.91 Å². The molecule has 1 N–H and O–H groups in total. The van der Waals surface area contributed by atoms with Crippen LogP contribution in [0.4, 0.5) is 5.82 Å². The summed E-state index contributed by atoms with van der Waals surface area (Å²) < 4.78 is 15.9. The number of nitrogens with zero attached hydrogens (tertiary/aromatic N) is 2. The van der Waals surface area contributed by atoms with Crippen molar-refractivity contribution in [2.24, 2.45) is 0 Å². The van der Waals surface area contributed by atoms with Crippen molar-refractivity contribution in [3.05, 3.63) is 54.1 Å². The van der Waals surface area contributed by atoms with Crippen LogP contribution in [0, 0.1) is 0 Å². The van der Waals surface area contributed by atoms with Gasteiger partial charge in [-0.05, 0) is 60.1 Å². The van der Waals surface area contributed by atoms with Crippen LogP contribution < -0.4 is 14.8 Å². The van der Waals surface area contributed by atoms with Gasteiger partial charge < -0.3 is 14.8 Å². The molecule has 0 aliphatic carbocycles. The maximum Gasteiger partial charge on any atom is 0.260 e. The van der Waals surface area contributed by atoms with Crippen LogP contribution in [0.3, 0.4) is 0 Å². The maximum absolute atomic E-state index is 12.6. The number of carbonyl (C=O) groups is 1. The second-order valence-corrected chi connectivity index (χ2v) is 5.72. The molecule has 0 fully saturated rings. The Bertz CT molecular complexity index is 890. The third-order valence-electron chi connectivity index (χ3n) is 3.75. The second-order valence-electron chi connectivity index (χ2n) is 5.72. The van der Waals surface area contributed by atoms with E-state index in [0.717, 1.165) is 17.7 Å². The molecule has 140 valence electrons. The Morgan fingerprint density at radius 2 is 1.81 bits per heavy atom. The minimum Gasteiger partial charge on any atom is -0.494 e. The maximum atomic E-state index is 12.6. The molecule has 2 aromatic carbocycles. The largest absolute Gasteiger partial charge is 0.494 e. The minimum atomic E-state index is -0.348. The van der Waals surface area contributed by atoms with Gasteiger partial charge in [-0.15, -0.1) is 0 Å². The molecule has 3 aromatic rings. The van der Waals surface area contributed by atoms with E-state index in [1.54, 1.807) is 18.2 Å². The van der Waals surface area contributed by atoms with Crippen molar-refractivity contribution in [3.8, 4) is 22.8 Å². The summed E-state index contributed by atoms with van der Waals surface area (Å²) in [5, 5.41) is 10.5. The molecular weight excluding hydrogens is 346 g/mol. The third-order valence-corrected chi connectivity index (χ3v) is 3.75. The third kappa shape index (κ3) is 4.44. The number of anilines is 1. The average Bonchev–Trinajstić information content (AvgIpc) is 3.15. The van der Waals surface area contributed by atoms with Gasteiger partial charge in [0.05, 0.1) is 18.8 Å². The van der Waals surface area contributed by atoms with E-state index in [2.05, 4.69) is 15.6 Å². The van der Waals surface area contributed by atoms with Crippen molar-refractivity contribution in [3.63, 3.8) is 0 Å². The van der Waals surface area contributed by atoms with E-state index < -0.39 is 0 Å². The Hall–Kier alpha value is -3.35. The molecule has 0 spiro atoms. The average molecular weight is 367 g/mol. The molecular formula is C20H21N3O4. The predicted molar refractivity (Wildman–Crippen MR) is 101 cm³/mol.